The first-order valence-electron chi connectivity index (χ1n) is 6.71. The van der Waals surface area contributed by atoms with Gasteiger partial charge >= 0.3 is 5.97 Å². The Hall–Kier alpha value is -2.17. The zero-order valence-corrected chi connectivity index (χ0v) is 11.5. The van der Waals surface area contributed by atoms with Gasteiger partial charge < -0.3 is 4.74 Å². The van der Waals surface area contributed by atoms with Crippen LogP contribution >= 0.6 is 0 Å². The summed E-state index contributed by atoms with van der Waals surface area (Å²) in [6, 6.07) is 6.88. The van der Waals surface area contributed by atoms with Crippen LogP contribution in [-0.4, -0.2) is 15.4 Å². The number of nitrogens with zero attached hydrogens (tertiary/aromatic N) is 2. The van der Waals surface area contributed by atoms with E-state index >= 15 is 0 Å². The number of carbonyl (C=O) groups is 1. The first kappa shape index (κ1) is 12.8. The van der Waals surface area contributed by atoms with E-state index in [2.05, 4.69) is 4.98 Å². The van der Waals surface area contributed by atoms with Gasteiger partial charge in [-0.1, -0.05) is 13.0 Å². The largest absolute Gasteiger partial charge is 0.459 e. The molecule has 1 aliphatic carbocycles. The van der Waals surface area contributed by atoms with E-state index in [1.54, 1.807) is 6.07 Å². The van der Waals surface area contributed by atoms with Gasteiger partial charge in [0, 0.05) is 11.8 Å². The van der Waals surface area contributed by atoms with Crippen LogP contribution in [0.1, 0.15) is 24.7 Å². The van der Waals surface area contributed by atoms with Crippen LogP contribution in [0, 0.1) is 18.8 Å². The maximum Gasteiger partial charge on any atom is 0.309 e. The minimum absolute atomic E-state index is 0.0267. The van der Waals surface area contributed by atoms with Crippen LogP contribution in [0.5, 0.6) is 0 Å². The number of pyridine rings is 1. The molecule has 0 spiro atoms. The molecule has 2 heterocycles. The van der Waals surface area contributed by atoms with E-state index in [4.69, 9.17) is 4.74 Å². The third kappa shape index (κ3) is 2.31. The van der Waals surface area contributed by atoms with Gasteiger partial charge in [0.25, 0.3) is 5.56 Å². The monoisotopic (exact) mass is 272 g/mol. The number of aromatic nitrogens is 2. The summed E-state index contributed by atoms with van der Waals surface area (Å²) in [6.07, 6.45) is 0.895. The fourth-order valence-electron chi connectivity index (χ4n) is 2.34. The molecule has 1 aliphatic rings. The van der Waals surface area contributed by atoms with Crippen LogP contribution < -0.4 is 5.56 Å². The predicted octanol–water partition coefficient (Wildman–Crippen LogP) is 1.70. The Kier molecular flexibility index (Phi) is 3.04. The van der Waals surface area contributed by atoms with Crippen LogP contribution in [0.25, 0.3) is 5.65 Å². The van der Waals surface area contributed by atoms with Crippen molar-refractivity contribution >= 4 is 11.6 Å². The molecule has 2 aromatic heterocycles. The standard InChI is InChI=1S/C15H16N2O3/c1-9-6-12(9)15(19)20-8-11-7-14(18)17-10(2)4-3-5-13(17)16-11/h3-5,7,9,12H,6,8H2,1-2H3/t9-,12-/m0/s1. The number of hydrogen-bond donors (Lipinski definition) is 0. The normalized spacial score (nSPS) is 20.9. The second kappa shape index (κ2) is 4.74. The second-order valence-electron chi connectivity index (χ2n) is 5.37. The highest BCUT2D eigenvalue weighted by Gasteiger charge is 2.40. The lowest BCUT2D eigenvalue weighted by atomic mass is 10.3. The number of ether oxygens (including phenoxy) is 1. The van der Waals surface area contributed by atoms with Gasteiger partial charge in [0.2, 0.25) is 0 Å². The number of esters is 1. The van der Waals surface area contributed by atoms with Gasteiger partial charge in [-0.2, -0.15) is 0 Å². The second-order valence-corrected chi connectivity index (χ2v) is 5.37. The molecule has 3 rings (SSSR count). The number of carbonyl (C=O) groups excluding carboxylic acids is 1. The number of aryl methyl sites for hydroxylation is 1. The Morgan fingerprint density at radius 2 is 2.25 bits per heavy atom. The van der Waals surface area contributed by atoms with Crippen molar-refractivity contribution in [1.29, 1.82) is 0 Å². The predicted molar refractivity (Wildman–Crippen MR) is 73.3 cm³/mol. The van der Waals surface area contributed by atoms with Crippen molar-refractivity contribution < 1.29 is 9.53 Å². The molecule has 0 aliphatic heterocycles. The van der Waals surface area contributed by atoms with Crippen LogP contribution in [0.4, 0.5) is 0 Å². The summed E-state index contributed by atoms with van der Waals surface area (Å²) in [4.78, 5) is 28.1. The lowest BCUT2D eigenvalue weighted by Crippen LogP contribution is -2.18. The average Bonchev–Trinajstić information content (AvgIpc) is 3.13. The fraction of sp³-hybridized carbons (Fsp3) is 0.400. The quantitative estimate of drug-likeness (QED) is 0.798. The molecule has 1 fully saturated rings. The molecule has 2 aromatic rings. The fourth-order valence-corrected chi connectivity index (χ4v) is 2.34. The van der Waals surface area contributed by atoms with E-state index in [0.29, 0.717) is 17.3 Å². The van der Waals surface area contributed by atoms with Gasteiger partial charge in [-0.25, -0.2) is 4.98 Å². The highest BCUT2D eigenvalue weighted by Crippen LogP contribution is 2.38. The topological polar surface area (TPSA) is 60.7 Å². The van der Waals surface area contributed by atoms with Crippen LogP contribution in [0.15, 0.2) is 29.1 Å². The molecule has 20 heavy (non-hydrogen) atoms. The first-order chi connectivity index (χ1) is 9.56. The molecule has 0 unspecified atom stereocenters. The molecular formula is C15H16N2O3. The Morgan fingerprint density at radius 3 is 2.95 bits per heavy atom. The molecule has 0 bridgehead atoms. The van der Waals surface area contributed by atoms with E-state index in [0.717, 1.165) is 12.1 Å². The third-order valence-corrected chi connectivity index (χ3v) is 3.71. The molecule has 104 valence electrons. The van der Waals surface area contributed by atoms with Gasteiger partial charge in [-0.05, 0) is 31.4 Å². The molecule has 0 aromatic carbocycles. The summed E-state index contributed by atoms with van der Waals surface area (Å²) in [5, 5.41) is 0. The molecule has 0 amide bonds. The summed E-state index contributed by atoms with van der Waals surface area (Å²) in [5.41, 5.74) is 1.74. The number of fused-ring (bicyclic) bond motifs is 1. The lowest BCUT2D eigenvalue weighted by Gasteiger charge is -2.07. The zero-order valence-electron chi connectivity index (χ0n) is 11.5. The third-order valence-electron chi connectivity index (χ3n) is 3.71. The highest BCUT2D eigenvalue weighted by molar-refractivity contribution is 5.75. The molecule has 5 heteroatoms. The molecular weight excluding hydrogens is 256 g/mol. The maximum absolute atomic E-state index is 12.0. The van der Waals surface area contributed by atoms with Crippen molar-refractivity contribution in [3.05, 3.63) is 46.0 Å². The van der Waals surface area contributed by atoms with Crippen LogP contribution in [0.3, 0.4) is 0 Å². The minimum atomic E-state index is -0.191. The van der Waals surface area contributed by atoms with E-state index in [1.807, 2.05) is 26.0 Å². The Morgan fingerprint density at radius 1 is 1.50 bits per heavy atom. The maximum atomic E-state index is 12.0. The van der Waals surface area contributed by atoms with Gasteiger partial charge in [-0.3, -0.25) is 14.0 Å². The average molecular weight is 272 g/mol. The van der Waals surface area contributed by atoms with Crippen molar-refractivity contribution in [2.24, 2.45) is 11.8 Å². The number of hydrogen-bond acceptors (Lipinski definition) is 4. The molecule has 2 atom stereocenters. The van der Waals surface area contributed by atoms with Gasteiger partial charge in [0.1, 0.15) is 12.3 Å². The zero-order chi connectivity index (χ0) is 14.3. The van der Waals surface area contributed by atoms with E-state index in [9.17, 15) is 9.59 Å². The van der Waals surface area contributed by atoms with Gasteiger partial charge in [0.15, 0.2) is 0 Å². The summed E-state index contributed by atoms with van der Waals surface area (Å²) in [7, 11) is 0. The molecule has 5 nitrogen and oxygen atoms in total. The van der Waals surface area contributed by atoms with E-state index in [1.165, 1.54) is 10.5 Å². The summed E-state index contributed by atoms with van der Waals surface area (Å²) >= 11 is 0. The Balaban J connectivity index is 1.82. The van der Waals surface area contributed by atoms with E-state index in [-0.39, 0.29) is 24.1 Å². The smallest absolute Gasteiger partial charge is 0.309 e. The van der Waals surface area contributed by atoms with E-state index < -0.39 is 0 Å². The Labute approximate surface area is 116 Å². The van der Waals surface area contributed by atoms with Crippen molar-refractivity contribution in [2.75, 3.05) is 0 Å². The number of rotatable bonds is 3. The molecule has 0 N–H and O–H groups in total. The molecule has 0 radical (unpaired) electrons. The van der Waals surface area contributed by atoms with Crippen molar-refractivity contribution in [3.8, 4) is 0 Å². The Bertz CT molecular complexity index is 735. The van der Waals surface area contributed by atoms with Crippen molar-refractivity contribution in [3.63, 3.8) is 0 Å². The summed E-state index contributed by atoms with van der Waals surface area (Å²) in [6.45, 7) is 3.93. The SMILES string of the molecule is Cc1cccc2nc(COC(=O)[C@H]3C[C@@H]3C)cc(=O)n12. The highest BCUT2D eigenvalue weighted by atomic mass is 16.5. The summed E-state index contributed by atoms with van der Waals surface area (Å²) < 4.78 is 6.74. The molecule has 1 saturated carbocycles. The lowest BCUT2D eigenvalue weighted by molar-refractivity contribution is -0.147. The van der Waals surface area contributed by atoms with Gasteiger partial charge in [0.05, 0.1) is 11.6 Å². The van der Waals surface area contributed by atoms with Crippen molar-refractivity contribution in [1.82, 2.24) is 9.38 Å². The summed E-state index contributed by atoms with van der Waals surface area (Å²) in [5.74, 6) is 0.253. The first-order valence-corrected chi connectivity index (χ1v) is 6.71. The van der Waals surface area contributed by atoms with Crippen molar-refractivity contribution in [2.45, 2.75) is 26.9 Å². The van der Waals surface area contributed by atoms with Crippen LogP contribution in [0.2, 0.25) is 0 Å². The minimum Gasteiger partial charge on any atom is -0.459 e. The van der Waals surface area contributed by atoms with Gasteiger partial charge in [-0.15, -0.1) is 0 Å². The van der Waals surface area contributed by atoms with Crippen LogP contribution in [-0.2, 0) is 16.1 Å². The molecule has 0 saturated heterocycles.